The van der Waals surface area contributed by atoms with Gasteiger partial charge in [0.1, 0.15) is 5.54 Å². The van der Waals surface area contributed by atoms with Crippen molar-refractivity contribution in [1.82, 2.24) is 10.2 Å². The summed E-state index contributed by atoms with van der Waals surface area (Å²) in [5, 5.41) is 13.3. The van der Waals surface area contributed by atoms with Crippen molar-refractivity contribution in [2.75, 3.05) is 31.1 Å². The van der Waals surface area contributed by atoms with E-state index in [2.05, 4.69) is 16.3 Å². The molecule has 4 nitrogen and oxygen atoms in total. The van der Waals surface area contributed by atoms with Crippen molar-refractivity contribution >= 4 is 10.8 Å². The van der Waals surface area contributed by atoms with Gasteiger partial charge in [-0.1, -0.05) is 6.42 Å². The number of hydrogen-bond donors (Lipinski definition) is 1. The van der Waals surface area contributed by atoms with Crippen molar-refractivity contribution in [1.29, 1.82) is 5.26 Å². The van der Waals surface area contributed by atoms with Crippen molar-refractivity contribution in [2.45, 2.75) is 50.1 Å². The summed E-state index contributed by atoms with van der Waals surface area (Å²) in [5.74, 6) is 2.16. The quantitative estimate of drug-likeness (QED) is 0.829. The molecule has 3 aliphatic rings. The summed E-state index contributed by atoms with van der Waals surface area (Å²) >= 11 is 0. The zero-order chi connectivity index (χ0) is 14.0. The first-order valence-electron chi connectivity index (χ1n) is 7.98. The van der Waals surface area contributed by atoms with Gasteiger partial charge in [0.05, 0.1) is 6.07 Å². The number of hydrogen-bond acceptors (Lipinski definition) is 4. The SMILES string of the molecule is N#CC1(NC2CC2)CCCC1CCN1CCS(=O)CC1. The lowest BCUT2D eigenvalue weighted by Gasteiger charge is -2.33. The van der Waals surface area contributed by atoms with E-state index in [-0.39, 0.29) is 5.54 Å². The molecule has 0 aromatic rings. The van der Waals surface area contributed by atoms with Gasteiger partial charge in [-0.05, 0) is 44.6 Å². The highest BCUT2D eigenvalue weighted by atomic mass is 32.2. The maximum absolute atomic E-state index is 11.4. The summed E-state index contributed by atoms with van der Waals surface area (Å²) in [7, 11) is -0.589. The maximum atomic E-state index is 11.4. The van der Waals surface area contributed by atoms with Gasteiger partial charge in [0.2, 0.25) is 0 Å². The van der Waals surface area contributed by atoms with Gasteiger partial charge in [0.15, 0.2) is 0 Å². The summed E-state index contributed by atoms with van der Waals surface area (Å²) in [4.78, 5) is 2.43. The lowest BCUT2D eigenvalue weighted by molar-refractivity contribution is 0.233. The third-order valence-corrected chi connectivity index (χ3v) is 6.40. The first-order chi connectivity index (χ1) is 9.72. The Morgan fingerprint density at radius 2 is 2.05 bits per heavy atom. The largest absolute Gasteiger partial charge is 0.301 e. The second kappa shape index (κ2) is 6.13. The fourth-order valence-corrected chi connectivity index (χ4v) is 4.80. The molecule has 2 aliphatic carbocycles. The molecule has 1 N–H and O–H groups in total. The molecule has 3 rings (SSSR count). The van der Waals surface area contributed by atoms with Crippen LogP contribution < -0.4 is 5.32 Å². The predicted octanol–water partition coefficient (Wildman–Crippen LogP) is 1.26. The Balaban J connectivity index is 1.52. The lowest BCUT2D eigenvalue weighted by Crippen LogP contribution is -2.49. The summed E-state index contributed by atoms with van der Waals surface area (Å²) in [6.45, 7) is 3.00. The molecule has 2 saturated carbocycles. The molecule has 0 aromatic heterocycles. The second-order valence-corrected chi connectivity index (χ2v) is 8.27. The molecule has 0 aromatic carbocycles. The van der Waals surface area contributed by atoms with E-state index in [1.807, 2.05) is 0 Å². The minimum atomic E-state index is -0.589. The number of nitriles is 1. The Morgan fingerprint density at radius 1 is 1.30 bits per heavy atom. The highest BCUT2D eigenvalue weighted by molar-refractivity contribution is 7.85. The zero-order valence-electron chi connectivity index (χ0n) is 12.1. The monoisotopic (exact) mass is 295 g/mol. The van der Waals surface area contributed by atoms with Crippen LogP contribution in [0, 0.1) is 17.2 Å². The predicted molar refractivity (Wildman–Crippen MR) is 80.8 cm³/mol. The van der Waals surface area contributed by atoms with Crippen LogP contribution in [0.25, 0.3) is 0 Å². The van der Waals surface area contributed by atoms with Gasteiger partial charge in [-0.2, -0.15) is 5.26 Å². The Kier molecular flexibility index (Phi) is 4.44. The van der Waals surface area contributed by atoms with Crippen LogP contribution in [0.3, 0.4) is 0 Å². The summed E-state index contributed by atoms with van der Waals surface area (Å²) in [5.41, 5.74) is -0.250. The van der Waals surface area contributed by atoms with E-state index in [1.54, 1.807) is 0 Å². The normalized spacial score (nSPS) is 36.0. The van der Waals surface area contributed by atoms with Crippen LogP contribution in [0.1, 0.15) is 38.5 Å². The van der Waals surface area contributed by atoms with E-state index in [1.165, 1.54) is 25.7 Å². The van der Waals surface area contributed by atoms with Crippen LogP contribution in [-0.4, -0.2) is 51.8 Å². The van der Waals surface area contributed by atoms with Gasteiger partial charge in [0, 0.05) is 41.4 Å². The van der Waals surface area contributed by atoms with Crippen molar-refractivity contribution in [3.63, 3.8) is 0 Å². The Hall–Kier alpha value is -0.440. The molecular weight excluding hydrogens is 270 g/mol. The van der Waals surface area contributed by atoms with Crippen molar-refractivity contribution in [3.05, 3.63) is 0 Å². The van der Waals surface area contributed by atoms with Gasteiger partial charge >= 0.3 is 0 Å². The van der Waals surface area contributed by atoms with Crippen LogP contribution in [0.15, 0.2) is 0 Å². The smallest absolute Gasteiger partial charge is 0.109 e. The third kappa shape index (κ3) is 3.24. The van der Waals surface area contributed by atoms with Crippen LogP contribution in [0.4, 0.5) is 0 Å². The van der Waals surface area contributed by atoms with Crippen molar-refractivity contribution < 1.29 is 4.21 Å². The molecule has 20 heavy (non-hydrogen) atoms. The average molecular weight is 295 g/mol. The van der Waals surface area contributed by atoms with E-state index < -0.39 is 10.8 Å². The third-order valence-electron chi connectivity index (χ3n) is 5.12. The number of rotatable bonds is 5. The maximum Gasteiger partial charge on any atom is 0.109 e. The Morgan fingerprint density at radius 3 is 2.70 bits per heavy atom. The van der Waals surface area contributed by atoms with Gasteiger partial charge in [-0.3, -0.25) is 9.53 Å². The Bertz CT molecular complexity index is 408. The average Bonchev–Trinajstić information content (AvgIpc) is 3.18. The molecular formula is C15H25N3OS. The molecule has 1 saturated heterocycles. The Labute approximate surface area is 124 Å². The van der Waals surface area contributed by atoms with E-state index >= 15 is 0 Å². The van der Waals surface area contributed by atoms with E-state index in [9.17, 15) is 9.47 Å². The van der Waals surface area contributed by atoms with Gasteiger partial charge in [-0.25, -0.2) is 0 Å². The molecule has 1 aliphatic heterocycles. The van der Waals surface area contributed by atoms with Crippen LogP contribution in [-0.2, 0) is 10.8 Å². The topological polar surface area (TPSA) is 56.1 Å². The summed E-state index contributed by atoms with van der Waals surface area (Å²) in [6.07, 6.45) is 6.99. The van der Waals surface area contributed by atoms with Gasteiger partial charge in [0.25, 0.3) is 0 Å². The second-order valence-electron chi connectivity index (χ2n) is 6.57. The highest BCUT2D eigenvalue weighted by Crippen LogP contribution is 2.40. The molecule has 3 fully saturated rings. The molecule has 112 valence electrons. The molecule has 2 atom stereocenters. The first-order valence-corrected chi connectivity index (χ1v) is 9.47. The first kappa shape index (κ1) is 14.5. The van der Waals surface area contributed by atoms with Crippen molar-refractivity contribution in [2.24, 2.45) is 5.92 Å². The number of nitrogens with one attached hydrogen (secondary N) is 1. The summed E-state index contributed by atoms with van der Waals surface area (Å²) < 4.78 is 11.4. The van der Waals surface area contributed by atoms with E-state index in [0.29, 0.717) is 12.0 Å². The van der Waals surface area contributed by atoms with Gasteiger partial charge < -0.3 is 4.90 Å². The van der Waals surface area contributed by atoms with Crippen LogP contribution in [0.5, 0.6) is 0 Å². The van der Waals surface area contributed by atoms with Gasteiger partial charge in [-0.15, -0.1) is 0 Å². The molecule has 0 spiro atoms. The van der Waals surface area contributed by atoms with E-state index in [4.69, 9.17) is 0 Å². The minimum Gasteiger partial charge on any atom is -0.301 e. The molecule has 0 radical (unpaired) electrons. The van der Waals surface area contributed by atoms with Crippen LogP contribution in [0.2, 0.25) is 0 Å². The molecule has 2 unspecified atom stereocenters. The highest BCUT2D eigenvalue weighted by Gasteiger charge is 2.45. The minimum absolute atomic E-state index is 0.250. The molecule has 1 heterocycles. The lowest BCUT2D eigenvalue weighted by atomic mass is 9.85. The van der Waals surface area contributed by atoms with E-state index in [0.717, 1.165) is 44.0 Å². The standard InChI is InChI=1S/C15H25N3OS/c16-12-15(17-14-3-4-14)6-1-2-13(15)5-7-18-8-10-20(19)11-9-18/h13-14,17H,1-11H2. The fraction of sp³-hybridized carbons (Fsp3) is 0.933. The molecule has 5 heteroatoms. The fourth-order valence-electron chi connectivity index (χ4n) is 3.67. The zero-order valence-corrected chi connectivity index (χ0v) is 13.0. The van der Waals surface area contributed by atoms with Crippen molar-refractivity contribution in [3.8, 4) is 6.07 Å². The van der Waals surface area contributed by atoms with Crippen LogP contribution >= 0.6 is 0 Å². The molecule has 0 bridgehead atoms. The summed E-state index contributed by atoms with van der Waals surface area (Å²) in [6, 6.07) is 3.22. The molecule has 0 amide bonds. The number of nitrogens with zero attached hydrogens (tertiary/aromatic N) is 2.